The fourth-order valence-electron chi connectivity index (χ4n) is 2.25. The van der Waals surface area contributed by atoms with E-state index in [0.29, 0.717) is 12.2 Å². The molecular weight excluding hydrogens is 276 g/mol. The number of halogens is 1. The maximum atomic E-state index is 12.5. The number of rotatable bonds is 4. The van der Waals surface area contributed by atoms with Crippen LogP contribution >= 0.6 is 12.4 Å². The van der Waals surface area contributed by atoms with Gasteiger partial charge in [-0.25, -0.2) is 0 Å². The van der Waals surface area contributed by atoms with E-state index in [9.17, 15) is 4.79 Å². The van der Waals surface area contributed by atoms with Gasteiger partial charge in [-0.1, -0.05) is 13.0 Å². The fraction of sp³-hybridized carbons (Fsp3) is 0.533. The van der Waals surface area contributed by atoms with Crippen LogP contribution in [0.1, 0.15) is 30.6 Å². The second-order valence-corrected chi connectivity index (χ2v) is 4.93. The molecule has 112 valence electrons. The highest BCUT2D eigenvalue weighted by Gasteiger charge is 2.24. The first kappa shape index (κ1) is 16.8. The number of nitrogens with zero attached hydrogens (tertiary/aromatic N) is 1. The van der Waals surface area contributed by atoms with Crippen LogP contribution in [0.3, 0.4) is 0 Å². The minimum Gasteiger partial charge on any atom is -0.494 e. The highest BCUT2D eigenvalue weighted by Crippen LogP contribution is 2.17. The molecule has 0 saturated carbocycles. The molecule has 0 unspecified atom stereocenters. The first-order valence-corrected chi connectivity index (χ1v) is 6.97. The number of hydrogen-bond acceptors (Lipinski definition) is 3. The van der Waals surface area contributed by atoms with Crippen molar-refractivity contribution in [2.24, 2.45) is 0 Å². The minimum atomic E-state index is 0. The Balaban J connectivity index is 0.00000200. The van der Waals surface area contributed by atoms with Gasteiger partial charge in [0.1, 0.15) is 5.75 Å². The first-order chi connectivity index (χ1) is 9.22. The summed E-state index contributed by atoms with van der Waals surface area (Å²) in [7, 11) is 0. The molecule has 0 aliphatic carbocycles. The van der Waals surface area contributed by atoms with E-state index in [1.807, 2.05) is 29.2 Å². The Labute approximate surface area is 126 Å². The van der Waals surface area contributed by atoms with Crippen molar-refractivity contribution in [3.05, 3.63) is 29.8 Å². The number of hydrogen-bond donors (Lipinski definition) is 1. The second-order valence-electron chi connectivity index (χ2n) is 4.93. The Morgan fingerprint density at radius 1 is 1.50 bits per heavy atom. The van der Waals surface area contributed by atoms with E-state index in [0.717, 1.165) is 31.8 Å². The van der Waals surface area contributed by atoms with Crippen LogP contribution < -0.4 is 10.1 Å². The topological polar surface area (TPSA) is 41.6 Å². The zero-order valence-electron chi connectivity index (χ0n) is 12.1. The Morgan fingerprint density at radius 2 is 2.30 bits per heavy atom. The molecule has 0 spiro atoms. The van der Waals surface area contributed by atoms with Crippen LogP contribution in [0.25, 0.3) is 0 Å². The summed E-state index contributed by atoms with van der Waals surface area (Å²) < 4.78 is 5.58. The van der Waals surface area contributed by atoms with E-state index in [2.05, 4.69) is 19.2 Å². The molecule has 1 atom stereocenters. The molecule has 1 heterocycles. The molecule has 0 bridgehead atoms. The van der Waals surface area contributed by atoms with Gasteiger partial charge in [-0.15, -0.1) is 12.4 Å². The monoisotopic (exact) mass is 298 g/mol. The molecule has 0 radical (unpaired) electrons. The quantitative estimate of drug-likeness (QED) is 0.927. The molecule has 0 aromatic heterocycles. The van der Waals surface area contributed by atoms with Gasteiger partial charge in [0.05, 0.1) is 6.61 Å². The molecule has 1 fully saturated rings. The van der Waals surface area contributed by atoms with Crippen molar-refractivity contribution < 1.29 is 9.53 Å². The average Bonchev–Trinajstić information content (AvgIpc) is 2.45. The lowest BCUT2D eigenvalue weighted by molar-refractivity contribution is 0.0655. The molecule has 1 amide bonds. The molecular formula is C15H23ClN2O2. The van der Waals surface area contributed by atoms with E-state index in [1.165, 1.54) is 0 Å². The summed E-state index contributed by atoms with van der Waals surface area (Å²) in [5.74, 6) is 0.867. The lowest BCUT2D eigenvalue weighted by Gasteiger charge is -2.34. The van der Waals surface area contributed by atoms with E-state index >= 15 is 0 Å². The molecule has 1 aromatic rings. The largest absolute Gasteiger partial charge is 0.494 e. The molecule has 1 aromatic carbocycles. The van der Waals surface area contributed by atoms with Crippen LogP contribution in [0, 0.1) is 0 Å². The third-order valence-electron chi connectivity index (χ3n) is 3.32. The number of ether oxygens (including phenoxy) is 1. The van der Waals surface area contributed by atoms with Crippen LogP contribution in [0.4, 0.5) is 0 Å². The number of amides is 1. The van der Waals surface area contributed by atoms with Crippen LogP contribution in [0.15, 0.2) is 24.3 Å². The van der Waals surface area contributed by atoms with Crippen molar-refractivity contribution in [1.29, 1.82) is 0 Å². The average molecular weight is 299 g/mol. The summed E-state index contributed by atoms with van der Waals surface area (Å²) in [5.41, 5.74) is 0.711. The summed E-state index contributed by atoms with van der Waals surface area (Å²) in [6.45, 7) is 7.31. The standard InChI is InChI=1S/C15H22N2O2.ClH/c1-3-9-19-14-6-4-5-13(10-14)15(18)17-8-7-16-11-12(17)2;/h4-6,10,12,16H,3,7-9,11H2,1-2H3;1H/t12-;/m0./s1. The van der Waals surface area contributed by atoms with E-state index in [4.69, 9.17) is 4.74 Å². The van der Waals surface area contributed by atoms with Crippen molar-refractivity contribution in [3.8, 4) is 5.75 Å². The van der Waals surface area contributed by atoms with Gasteiger partial charge in [-0.2, -0.15) is 0 Å². The van der Waals surface area contributed by atoms with Gasteiger partial charge in [0.15, 0.2) is 0 Å². The molecule has 2 rings (SSSR count). The van der Waals surface area contributed by atoms with Crippen molar-refractivity contribution in [2.45, 2.75) is 26.3 Å². The maximum Gasteiger partial charge on any atom is 0.254 e. The first-order valence-electron chi connectivity index (χ1n) is 6.97. The number of piperazine rings is 1. The van der Waals surface area contributed by atoms with E-state index < -0.39 is 0 Å². The van der Waals surface area contributed by atoms with Crippen LogP contribution in [0.5, 0.6) is 5.75 Å². The predicted octanol–water partition coefficient (Wildman–Crippen LogP) is 2.33. The van der Waals surface area contributed by atoms with Crippen LogP contribution in [-0.2, 0) is 0 Å². The van der Waals surface area contributed by atoms with Gasteiger partial charge in [-0.05, 0) is 31.5 Å². The van der Waals surface area contributed by atoms with Gasteiger partial charge in [0.2, 0.25) is 0 Å². The Morgan fingerprint density at radius 3 is 3.00 bits per heavy atom. The van der Waals surface area contributed by atoms with Crippen LogP contribution in [0.2, 0.25) is 0 Å². The molecule has 20 heavy (non-hydrogen) atoms. The van der Waals surface area contributed by atoms with Crippen LogP contribution in [-0.4, -0.2) is 43.1 Å². The van der Waals surface area contributed by atoms with Gasteiger partial charge in [0.25, 0.3) is 5.91 Å². The molecule has 1 aliphatic heterocycles. The molecule has 5 heteroatoms. The highest BCUT2D eigenvalue weighted by atomic mass is 35.5. The Kier molecular flexibility index (Phi) is 6.82. The summed E-state index contributed by atoms with van der Waals surface area (Å²) in [4.78, 5) is 14.4. The third-order valence-corrected chi connectivity index (χ3v) is 3.32. The van der Waals surface area contributed by atoms with Crippen molar-refractivity contribution in [3.63, 3.8) is 0 Å². The summed E-state index contributed by atoms with van der Waals surface area (Å²) in [5, 5.41) is 3.29. The van der Waals surface area contributed by atoms with Gasteiger partial charge in [-0.3, -0.25) is 4.79 Å². The van der Waals surface area contributed by atoms with Gasteiger partial charge in [0, 0.05) is 31.2 Å². The number of nitrogens with one attached hydrogen (secondary N) is 1. The molecule has 1 saturated heterocycles. The summed E-state index contributed by atoms with van der Waals surface area (Å²) in [6.07, 6.45) is 0.965. The van der Waals surface area contributed by atoms with Crippen molar-refractivity contribution >= 4 is 18.3 Å². The van der Waals surface area contributed by atoms with E-state index in [-0.39, 0.29) is 24.4 Å². The predicted molar refractivity (Wildman–Crippen MR) is 82.8 cm³/mol. The Bertz CT molecular complexity index is 440. The maximum absolute atomic E-state index is 12.5. The third kappa shape index (κ3) is 4.12. The zero-order chi connectivity index (χ0) is 13.7. The smallest absolute Gasteiger partial charge is 0.254 e. The normalized spacial score (nSPS) is 18.3. The number of benzene rings is 1. The van der Waals surface area contributed by atoms with Crippen molar-refractivity contribution in [2.75, 3.05) is 26.2 Å². The second kappa shape index (κ2) is 8.12. The lowest BCUT2D eigenvalue weighted by Crippen LogP contribution is -2.52. The molecule has 4 nitrogen and oxygen atoms in total. The van der Waals surface area contributed by atoms with Crippen molar-refractivity contribution in [1.82, 2.24) is 10.2 Å². The zero-order valence-corrected chi connectivity index (χ0v) is 12.9. The number of carbonyl (C=O) groups excluding carboxylic acids is 1. The SMILES string of the molecule is CCCOc1cccc(C(=O)N2CCNC[C@@H]2C)c1.Cl. The number of carbonyl (C=O) groups is 1. The van der Waals surface area contributed by atoms with E-state index in [1.54, 1.807) is 0 Å². The minimum absolute atomic E-state index is 0. The van der Waals surface area contributed by atoms with Gasteiger partial charge >= 0.3 is 0 Å². The lowest BCUT2D eigenvalue weighted by atomic mass is 10.1. The molecule has 1 aliphatic rings. The summed E-state index contributed by atoms with van der Waals surface area (Å²) >= 11 is 0. The summed E-state index contributed by atoms with van der Waals surface area (Å²) in [6, 6.07) is 7.71. The fourth-order valence-corrected chi connectivity index (χ4v) is 2.25. The molecule has 1 N–H and O–H groups in total. The van der Waals surface area contributed by atoms with Gasteiger partial charge < -0.3 is 15.0 Å². The highest BCUT2D eigenvalue weighted by molar-refractivity contribution is 5.94. The Hall–Kier alpha value is -1.26.